The molecule has 3 aromatic rings. The first-order valence-electron chi connectivity index (χ1n) is 6.34. The maximum Gasteiger partial charge on any atom is 0.175 e. The van der Waals surface area contributed by atoms with Gasteiger partial charge in [0.1, 0.15) is 11.6 Å². The Hall–Kier alpha value is -2.34. The van der Waals surface area contributed by atoms with Gasteiger partial charge in [0, 0.05) is 6.26 Å². The molecule has 0 aliphatic carbocycles. The molecule has 0 aliphatic heterocycles. The minimum Gasteiger partial charge on any atom is -0.507 e. The molecule has 108 valence electrons. The highest BCUT2D eigenvalue weighted by atomic mass is 32.2. The molecule has 0 aliphatic rings. The summed E-state index contributed by atoms with van der Waals surface area (Å²) in [6, 6.07) is 9.97. The second-order valence-electron chi connectivity index (χ2n) is 5.06. The zero-order valence-electron chi connectivity index (χ0n) is 11.6. The number of benzene rings is 2. The van der Waals surface area contributed by atoms with Crippen molar-refractivity contribution in [2.75, 3.05) is 6.26 Å². The first-order chi connectivity index (χ1) is 9.84. The smallest absolute Gasteiger partial charge is 0.175 e. The Balaban J connectivity index is 2.20. The van der Waals surface area contributed by atoms with E-state index in [4.69, 9.17) is 0 Å². The predicted octanol–water partition coefficient (Wildman–Crippen LogP) is 2.65. The van der Waals surface area contributed by atoms with Crippen LogP contribution in [0.2, 0.25) is 0 Å². The summed E-state index contributed by atoms with van der Waals surface area (Å²) in [6.45, 7) is 1.92. The average molecular weight is 302 g/mol. The first-order valence-corrected chi connectivity index (χ1v) is 8.23. The summed E-state index contributed by atoms with van der Waals surface area (Å²) in [5.41, 5.74) is 2.86. The number of phenolic OH excluding ortho intramolecular Hbond substituents is 1. The van der Waals surface area contributed by atoms with Crippen LogP contribution in [0, 0.1) is 6.92 Å². The van der Waals surface area contributed by atoms with Gasteiger partial charge < -0.3 is 10.1 Å². The van der Waals surface area contributed by atoms with Gasteiger partial charge in [0.25, 0.3) is 0 Å². The normalized spacial score (nSPS) is 11.9. The molecular weight excluding hydrogens is 288 g/mol. The number of nitrogens with zero attached hydrogens (tertiary/aromatic N) is 1. The molecule has 0 saturated carbocycles. The molecule has 2 N–H and O–H groups in total. The Bertz CT molecular complexity index is 943. The summed E-state index contributed by atoms with van der Waals surface area (Å²) in [6.07, 6.45) is 1.16. The molecule has 21 heavy (non-hydrogen) atoms. The van der Waals surface area contributed by atoms with Crippen molar-refractivity contribution in [3.05, 3.63) is 42.0 Å². The number of aromatic amines is 1. The Labute approximate surface area is 122 Å². The molecule has 5 nitrogen and oxygen atoms in total. The second kappa shape index (κ2) is 4.60. The van der Waals surface area contributed by atoms with Crippen LogP contribution in [0.5, 0.6) is 5.75 Å². The van der Waals surface area contributed by atoms with Crippen molar-refractivity contribution in [3.8, 4) is 17.1 Å². The highest BCUT2D eigenvalue weighted by molar-refractivity contribution is 7.90. The number of rotatable bonds is 2. The number of nitrogens with one attached hydrogen (secondary N) is 1. The topological polar surface area (TPSA) is 83.1 Å². The zero-order chi connectivity index (χ0) is 15.2. The summed E-state index contributed by atoms with van der Waals surface area (Å²) in [4.78, 5) is 7.69. The molecule has 0 atom stereocenters. The number of sulfone groups is 1. The molecule has 0 saturated heterocycles. The van der Waals surface area contributed by atoms with Crippen molar-refractivity contribution in [1.29, 1.82) is 0 Å². The number of hydrogen-bond donors (Lipinski definition) is 2. The third kappa shape index (κ3) is 2.50. The van der Waals surface area contributed by atoms with Gasteiger partial charge in [0.05, 0.1) is 21.5 Å². The van der Waals surface area contributed by atoms with Gasteiger partial charge >= 0.3 is 0 Å². The lowest BCUT2D eigenvalue weighted by atomic mass is 10.1. The second-order valence-corrected chi connectivity index (χ2v) is 7.07. The van der Waals surface area contributed by atoms with E-state index in [0.29, 0.717) is 22.4 Å². The van der Waals surface area contributed by atoms with Gasteiger partial charge in [0.2, 0.25) is 0 Å². The molecule has 0 fully saturated rings. The summed E-state index contributed by atoms with van der Waals surface area (Å²) in [7, 11) is -3.26. The molecular formula is C15H14N2O3S. The van der Waals surface area contributed by atoms with Crippen LogP contribution in [-0.2, 0) is 9.84 Å². The maximum atomic E-state index is 11.6. The van der Waals surface area contributed by atoms with Crippen LogP contribution in [0.15, 0.2) is 41.3 Å². The predicted molar refractivity (Wildman–Crippen MR) is 81.0 cm³/mol. The van der Waals surface area contributed by atoms with Crippen LogP contribution in [0.4, 0.5) is 0 Å². The standard InChI is InChI=1S/C15H14N2O3S/c1-9-3-6-14(18)11(7-9)15-16-12-5-4-10(21(2,19)20)8-13(12)17-15/h3-8,18H,1-2H3,(H,16,17). The fourth-order valence-electron chi connectivity index (χ4n) is 2.19. The van der Waals surface area contributed by atoms with Gasteiger partial charge in [-0.1, -0.05) is 11.6 Å². The van der Waals surface area contributed by atoms with Crippen LogP contribution < -0.4 is 0 Å². The van der Waals surface area contributed by atoms with Crippen LogP contribution >= 0.6 is 0 Å². The number of imidazole rings is 1. The molecule has 2 aromatic carbocycles. The maximum absolute atomic E-state index is 11.6. The lowest BCUT2D eigenvalue weighted by Crippen LogP contribution is -1.96. The molecule has 0 amide bonds. The molecule has 0 spiro atoms. The van der Waals surface area contributed by atoms with Crippen molar-refractivity contribution < 1.29 is 13.5 Å². The fourth-order valence-corrected chi connectivity index (χ4v) is 2.83. The SMILES string of the molecule is Cc1ccc(O)c(-c2nc3ccc(S(C)(=O)=O)cc3[nH]2)c1. The highest BCUT2D eigenvalue weighted by Gasteiger charge is 2.13. The summed E-state index contributed by atoms with van der Waals surface area (Å²) in [5.74, 6) is 0.639. The number of aromatic hydroxyl groups is 1. The number of aromatic nitrogens is 2. The molecule has 3 rings (SSSR count). The van der Waals surface area contributed by atoms with E-state index < -0.39 is 9.84 Å². The van der Waals surface area contributed by atoms with Crippen molar-refractivity contribution in [2.45, 2.75) is 11.8 Å². The van der Waals surface area contributed by atoms with E-state index in [1.54, 1.807) is 18.2 Å². The molecule has 0 bridgehead atoms. The summed E-state index contributed by atoms with van der Waals surface area (Å²) in [5, 5.41) is 9.94. The quantitative estimate of drug-likeness (QED) is 0.762. The molecule has 6 heteroatoms. The van der Waals surface area contributed by atoms with Gasteiger partial charge in [-0.2, -0.15) is 0 Å². The fraction of sp³-hybridized carbons (Fsp3) is 0.133. The van der Waals surface area contributed by atoms with Gasteiger partial charge in [-0.3, -0.25) is 0 Å². The van der Waals surface area contributed by atoms with Crippen molar-refractivity contribution in [3.63, 3.8) is 0 Å². The van der Waals surface area contributed by atoms with Crippen LogP contribution in [-0.4, -0.2) is 29.7 Å². The van der Waals surface area contributed by atoms with Gasteiger partial charge in [-0.25, -0.2) is 13.4 Å². The van der Waals surface area contributed by atoms with Crippen molar-refractivity contribution >= 4 is 20.9 Å². The van der Waals surface area contributed by atoms with Crippen LogP contribution in [0.1, 0.15) is 5.56 Å². The first kappa shape index (κ1) is 13.6. The monoisotopic (exact) mass is 302 g/mol. The molecule has 1 aromatic heterocycles. The van der Waals surface area contributed by atoms with Crippen molar-refractivity contribution in [1.82, 2.24) is 9.97 Å². The van der Waals surface area contributed by atoms with E-state index in [1.165, 1.54) is 6.07 Å². The number of fused-ring (bicyclic) bond motifs is 1. The van der Waals surface area contributed by atoms with E-state index in [9.17, 15) is 13.5 Å². The van der Waals surface area contributed by atoms with E-state index in [-0.39, 0.29) is 10.6 Å². The Morgan fingerprint density at radius 3 is 2.62 bits per heavy atom. The number of hydrogen-bond acceptors (Lipinski definition) is 4. The lowest BCUT2D eigenvalue weighted by molar-refractivity contribution is 0.477. The molecule has 0 unspecified atom stereocenters. The highest BCUT2D eigenvalue weighted by Crippen LogP contribution is 2.30. The van der Waals surface area contributed by atoms with Crippen molar-refractivity contribution in [2.24, 2.45) is 0 Å². The number of aryl methyl sites for hydroxylation is 1. The minimum absolute atomic E-state index is 0.128. The molecule has 0 radical (unpaired) electrons. The van der Waals surface area contributed by atoms with Crippen LogP contribution in [0.25, 0.3) is 22.4 Å². The third-order valence-electron chi connectivity index (χ3n) is 3.29. The third-order valence-corrected chi connectivity index (χ3v) is 4.40. The average Bonchev–Trinajstić information content (AvgIpc) is 2.83. The van der Waals surface area contributed by atoms with E-state index in [1.807, 2.05) is 19.1 Å². The summed E-state index contributed by atoms with van der Waals surface area (Å²) < 4.78 is 23.2. The number of phenols is 1. The van der Waals surface area contributed by atoms with Gasteiger partial charge in [-0.15, -0.1) is 0 Å². The zero-order valence-corrected chi connectivity index (χ0v) is 12.4. The lowest BCUT2D eigenvalue weighted by Gasteiger charge is -2.02. The van der Waals surface area contributed by atoms with Crippen LogP contribution in [0.3, 0.4) is 0 Å². The van der Waals surface area contributed by atoms with E-state index >= 15 is 0 Å². The Kier molecular flexibility index (Phi) is 2.98. The largest absolute Gasteiger partial charge is 0.507 e. The van der Waals surface area contributed by atoms with Gasteiger partial charge in [-0.05, 0) is 37.3 Å². The van der Waals surface area contributed by atoms with E-state index in [0.717, 1.165) is 11.8 Å². The molecule has 1 heterocycles. The Morgan fingerprint density at radius 2 is 1.90 bits per heavy atom. The Morgan fingerprint density at radius 1 is 1.14 bits per heavy atom. The van der Waals surface area contributed by atoms with Gasteiger partial charge in [0.15, 0.2) is 9.84 Å². The van der Waals surface area contributed by atoms with E-state index in [2.05, 4.69) is 9.97 Å². The summed E-state index contributed by atoms with van der Waals surface area (Å²) >= 11 is 0. The minimum atomic E-state index is -3.26. The number of H-pyrrole nitrogens is 1.